The molecule has 0 fully saturated rings. The highest BCUT2D eigenvalue weighted by atomic mass is 16.6. The topological polar surface area (TPSA) is 102 Å². The standard InChI is InChI=1S/C18H35NO8/c1-17(20)3-5-22-7-9-24-11-13-26-15-16-27-14-12-25-10-8-23-6-4-19-18(2)21/h3-16H2,1-2H3,(H,19,21). The van der Waals surface area contributed by atoms with Gasteiger partial charge in [-0.1, -0.05) is 0 Å². The van der Waals surface area contributed by atoms with Crippen molar-refractivity contribution in [1.82, 2.24) is 5.32 Å². The van der Waals surface area contributed by atoms with Gasteiger partial charge >= 0.3 is 0 Å². The molecule has 0 unspecified atom stereocenters. The molecule has 1 N–H and O–H groups in total. The molecule has 1 amide bonds. The molecule has 0 aliphatic heterocycles. The highest BCUT2D eigenvalue weighted by Crippen LogP contribution is 1.86. The maximum atomic E-state index is 10.7. The van der Waals surface area contributed by atoms with Crippen molar-refractivity contribution in [1.29, 1.82) is 0 Å². The van der Waals surface area contributed by atoms with Gasteiger partial charge in [-0.15, -0.1) is 0 Å². The maximum Gasteiger partial charge on any atom is 0.216 e. The predicted octanol–water partition coefficient (Wildman–Crippen LogP) is 0.201. The molecule has 0 atom stereocenters. The normalized spacial score (nSPS) is 10.9. The molecule has 0 aromatic heterocycles. The lowest BCUT2D eigenvalue weighted by Crippen LogP contribution is -2.25. The number of rotatable bonds is 21. The van der Waals surface area contributed by atoms with E-state index < -0.39 is 0 Å². The van der Waals surface area contributed by atoms with E-state index >= 15 is 0 Å². The third kappa shape index (κ3) is 24.9. The second-order valence-electron chi connectivity index (χ2n) is 5.61. The van der Waals surface area contributed by atoms with E-state index in [1.54, 1.807) is 6.92 Å². The van der Waals surface area contributed by atoms with Crippen LogP contribution in [0, 0.1) is 0 Å². The number of amides is 1. The molecule has 0 bridgehead atoms. The summed E-state index contributed by atoms with van der Waals surface area (Å²) in [6, 6.07) is 0. The Kier molecular flexibility index (Phi) is 20.3. The highest BCUT2D eigenvalue weighted by Gasteiger charge is 1.95. The zero-order valence-electron chi connectivity index (χ0n) is 16.7. The van der Waals surface area contributed by atoms with Crippen LogP contribution in [0.25, 0.3) is 0 Å². The van der Waals surface area contributed by atoms with Gasteiger partial charge in [-0.05, 0) is 6.92 Å². The summed E-state index contributed by atoms with van der Waals surface area (Å²) >= 11 is 0. The zero-order valence-corrected chi connectivity index (χ0v) is 16.7. The van der Waals surface area contributed by atoms with Crippen LogP contribution >= 0.6 is 0 Å². The minimum Gasteiger partial charge on any atom is -0.379 e. The summed E-state index contributed by atoms with van der Waals surface area (Å²) in [5.41, 5.74) is 0. The summed E-state index contributed by atoms with van der Waals surface area (Å²) in [7, 11) is 0. The van der Waals surface area contributed by atoms with Gasteiger partial charge in [0.05, 0.1) is 79.3 Å². The van der Waals surface area contributed by atoms with Gasteiger partial charge in [0.2, 0.25) is 5.91 Å². The van der Waals surface area contributed by atoms with Crippen molar-refractivity contribution in [2.45, 2.75) is 20.3 Å². The first-order chi connectivity index (χ1) is 13.1. The van der Waals surface area contributed by atoms with Gasteiger partial charge in [0.25, 0.3) is 0 Å². The molecular formula is C18H35NO8. The molecule has 0 aliphatic carbocycles. The highest BCUT2D eigenvalue weighted by molar-refractivity contribution is 5.75. The number of ether oxygens (including phenoxy) is 6. The van der Waals surface area contributed by atoms with Crippen molar-refractivity contribution in [3.05, 3.63) is 0 Å². The summed E-state index contributed by atoms with van der Waals surface area (Å²) in [4.78, 5) is 21.3. The third-order valence-corrected chi connectivity index (χ3v) is 3.08. The molecule has 0 spiro atoms. The maximum absolute atomic E-state index is 10.7. The second kappa shape index (κ2) is 21.2. The van der Waals surface area contributed by atoms with Crippen LogP contribution in [-0.2, 0) is 38.0 Å². The van der Waals surface area contributed by atoms with E-state index in [4.69, 9.17) is 28.4 Å². The molecule has 0 radical (unpaired) electrons. The summed E-state index contributed by atoms with van der Waals surface area (Å²) in [6.45, 7) is 9.43. The molecule has 9 nitrogen and oxygen atoms in total. The number of ketones is 1. The van der Waals surface area contributed by atoms with Crippen LogP contribution in [0.15, 0.2) is 0 Å². The van der Waals surface area contributed by atoms with Gasteiger partial charge in [0.15, 0.2) is 0 Å². The number of hydrogen-bond acceptors (Lipinski definition) is 8. The van der Waals surface area contributed by atoms with Crippen LogP contribution in [0.4, 0.5) is 0 Å². The smallest absolute Gasteiger partial charge is 0.216 e. The van der Waals surface area contributed by atoms with Crippen molar-refractivity contribution < 1.29 is 38.0 Å². The van der Waals surface area contributed by atoms with Crippen molar-refractivity contribution >= 4 is 11.7 Å². The van der Waals surface area contributed by atoms with Crippen LogP contribution in [-0.4, -0.2) is 97.5 Å². The Bertz CT molecular complexity index is 322. The Morgan fingerprint density at radius 1 is 0.556 bits per heavy atom. The first kappa shape index (κ1) is 25.9. The van der Waals surface area contributed by atoms with E-state index in [2.05, 4.69) is 5.32 Å². The molecule has 160 valence electrons. The zero-order chi connectivity index (χ0) is 20.0. The number of hydrogen-bond donors (Lipinski definition) is 1. The Morgan fingerprint density at radius 2 is 0.889 bits per heavy atom. The van der Waals surface area contributed by atoms with E-state index in [0.29, 0.717) is 92.2 Å². The monoisotopic (exact) mass is 393 g/mol. The molecule has 9 heteroatoms. The summed E-state index contributed by atoms with van der Waals surface area (Å²) in [5, 5.41) is 2.65. The fourth-order valence-corrected chi connectivity index (χ4v) is 1.72. The first-order valence-electron chi connectivity index (χ1n) is 9.33. The van der Waals surface area contributed by atoms with Crippen LogP contribution in [0.5, 0.6) is 0 Å². The van der Waals surface area contributed by atoms with Crippen LogP contribution < -0.4 is 5.32 Å². The van der Waals surface area contributed by atoms with Crippen molar-refractivity contribution in [2.75, 3.05) is 85.8 Å². The summed E-state index contributed by atoms with van der Waals surface area (Å²) in [6.07, 6.45) is 0.446. The minimum absolute atomic E-state index is 0.0597. The van der Waals surface area contributed by atoms with Gasteiger partial charge in [-0.25, -0.2) is 0 Å². The fourth-order valence-electron chi connectivity index (χ4n) is 1.72. The molecule has 0 aromatic carbocycles. The van der Waals surface area contributed by atoms with Crippen LogP contribution in [0.1, 0.15) is 20.3 Å². The van der Waals surface area contributed by atoms with E-state index in [0.717, 1.165) is 0 Å². The number of nitrogens with one attached hydrogen (secondary N) is 1. The molecule has 0 aliphatic rings. The quantitative estimate of drug-likeness (QED) is 0.276. The molecule has 27 heavy (non-hydrogen) atoms. The third-order valence-electron chi connectivity index (χ3n) is 3.08. The van der Waals surface area contributed by atoms with Crippen molar-refractivity contribution in [3.8, 4) is 0 Å². The van der Waals surface area contributed by atoms with Gasteiger partial charge < -0.3 is 33.7 Å². The molecule has 0 rings (SSSR count). The molecular weight excluding hydrogens is 358 g/mol. The van der Waals surface area contributed by atoms with Crippen LogP contribution in [0.3, 0.4) is 0 Å². The average Bonchev–Trinajstić information content (AvgIpc) is 2.62. The van der Waals surface area contributed by atoms with E-state index in [1.807, 2.05) is 0 Å². The number of carbonyl (C=O) groups is 2. The van der Waals surface area contributed by atoms with Gasteiger partial charge in [0, 0.05) is 19.9 Å². The van der Waals surface area contributed by atoms with Crippen molar-refractivity contribution in [3.63, 3.8) is 0 Å². The molecule has 0 heterocycles. The Labute approximate surface area is 161 Å². The molecule has 0 saturated carbocycles. The summed E-state index contributed by atoms with van der Waals surface area (Å²) < 4.78 is 31.9. The van der Waals surface area contributed by atoms with Crippen LogP contribution in [0.2, 0.25) is 0 Å². The molecule has 0 aromatic rings. The Balaban J connectivity index is 3.01. The largest absolute Gasteiger partial charge is 0.379 e. The lowest BCUT2D eigenvalue weighted by Gasteiger charge is -2.08. The Hall–Kier alpha value is -1.10. The number of carbonyl (C=O) groups excluding carboxylic acids is 2. The first-order valence-corrected chi connectivity index (χ1v) is 9.33. The average molecular weight is 393 g/mol. The lowest BCUT2D eigenvalue weighted by molar-refractivity contribution is -0.119. The van der Waals surface area contributed by atoms with Gasteiger partial charge in [-0.2, -0.15) is 0 Å². The molecule has 0 saturated heterocycles. The fraction of sp³-hybridized carbons (Fsp3) is 0.889. The number of Topliss-reactive ketones (excluding diaryl/α,β-unsaturated/α-hetero) is 1. The van der Waals surface area contributed by atoms with E-state index in [1.165, 1.54) is 6.92 Å². The predicted molar refractivity (Wildman–Crippen MR) is 98.9 cm³/mol. The van der Waals surface area contributed by atoms with Crippen molar-refractivity contribution in [2.24, 2.45) is 0 Å². The lowest BCUT2D eigenvalue weighted by atomic mass is 10.3. The van der Waals surface area contributed by atoms with Gasteiger partial charge in [-0.3, -0.25) is 9.59 Å². The Morgan fingerprint density at radius 3 is 1.22 bits per heavy atom. The van der Waals surface area contributed by atoms with E-state index in [-0.39, 0.29) is 11.7 Å². The van der Waals surface area contributed by atoms with Gasteiger partial charge in [0.1, 0.15) is 5.78 Å². The van der Waals surface area contributed by atoms with E-state index in [9.17, 15) is 9.59 Å². The SMILES string of the molecule is CC(=O)CCOCCOCCOCCOCCOCCOCCNC(C)=O. The minimum atomic E-state index is -0.0597. The second-order valence-corrected chi connectivity index (χ2v) is 5.61. The summed E-state index contributed by atoms with van der Waals surface area (Å²) in [5.74, 6) is 0.0675.